The summed E-state index contributed by atoms with van der Waals surface area (Å²) in [4.78, 5) is 55.2. The minimum absolute atomic E-state index is 0.113. The van der Waals surface area contributed by atoms with E-state index in [4.69, 9.17) is 19.4 Å². The molecule has 13 nitrogen and oxygen atoms in total. The van der Waals surface area contributed by atoms with E-state index >= 15 is 0 Å². The lowest BCUT2D eigenvalue weighted by molar-refractivity contribution is -0.140. The Hall–Kier alpha value is -4.76. The molecule has 2 saturated carbocycles. The van der Waals surface area contributed by atoms with Crippen molar-refractivity contribution in [2.75, 3.05) is 19.0 Å². The Morgan fingerprint density at radius 1 is 1.00 bits per heavy atom. The molecule has 2 saturated heterocycles. The molecule has 3 amide bonds. The molecule has 2 aromatic heterocycles. The Kier molecular flexibility index (Phi) is 11.6. The number of nitrogens with one attached hydrogen (secondary N) is 3. The Morgan fingerprint density at radius 3 is 2.43 bits per heavy atom. The van der Waals surface area contributed by atoms with Crippen molar-refractivity contribution in [2.24, 2.45) is 5.92 Å². The number of carbonyl (C=O) groups excluding carboxylic acids is 3. The van der Waals surface area contributed by atoms with Crippen molar-refractivity contribution in [3.63, 3.8) is 0 Å². The van der Waals surface area contributed by atoms with E-state index in [2.05, 4.69) is 29.2 Å². The van der Waals surface area contributed by atoms with Gasteiger partial charge in [-0.25, -0.2) is 18.4 Å². The normalized spacial score (nSPS) is 25.7. The number of benzene rings is 2. The van der Waals surface area contributed by atoms with E-state index in [0.29, 0.717) is 54.8 Å². The molecule has 4 fully saturated rings. The molecule has 2 aliphatic heterocycles. The second kappa shape index (κ2) is 16.6. The summed E-state index contributed by atoms with van der Waals surface area (Å²) >= 11 is 1.51. The largest absolute Gasteiger partial charge is 0.496 e. The van der Waals surface area contributed by atoms with Crippen molar-refractivity contribution in [3.8, 4) is 22.2 Å². The number of nitrogens with zero attached hydrogens (tertiary/aromatic N) is 3. The van der Waals surface area contributed by atoms with Gasteiger partial charge in [0.25, 0.3) is 5.91 Å². The van der Waals surface area contributed by atoms with Crippen molar-refractivity contribution < 1.29 is 32.3 Å². The van der Waals surface area contributed by atoms with E-state index in [-0.39, 0.29) is 30.7 Å². The molecule has 0 bridgehead atoms. The minimum atomic E-state index is -3.95. The highest BCUT2D eigenvalue weighted by molar-refractivity contribution is 7.91. The smallest absolute Gasteiger partial charge is 0.259 e. The number of anilines is 1. The van der Waals surface area contributed by atoms with Crippen molar-refractivity contribution in [1.82, 2.24) is 24.9 Å². The lowest BCUT2D eigenvalue weighted by Gasteiger charge is -2.30. The standard InChI is InChI=1S/C45H56N6O7S2/c1-27(2)35-26-59-41(48-35)34-23-38(32-18-19-37(57-5)28(3)39(32)47-34)58-31-22-36-40(52)49-45(43(54)50-60(55,56)44(4)20-21-44)24-29(45)14-10-7-6-8-13-17-33(42(53)51(36)25-31)46-30-15-11-9-12-16-30/h9,11-12,15-16,18-19,23,26-27,29,31,33,36,46H,6-8,10,13-14,17,20-22,24-25H2,1-5H3,(H,49,52)(H,50,54)/t29-,31-,33+,36+,45-/m1/s1. The number of para-hydroxylation sites is 1. The number of hydrogen-bond donors (Lipinski definition) is 3. The van der Waals surface area contributed by atoms with Crippen molar-refractivity contribution in [2.45, 2.75) is 133 Å². The first kappa shape index (κ1) is 42.0. The molecule has 2 aromatic carbocycles. The fourth-order valence-corrected chi connectivity index (χ4v) is 11.0. The summed E-state index contributed by atoms with van der Waals surface area (Å²) in [5, 5.41) is 10.0. The predicted molar refractivity (Wildman–Crippen MR) is 233 cm³/mol. The number of methoxy groups -OCH3 is 1. The maximum Gasteiger partial charge on any atom is 0.259 e. The van der Waals surface area contributed by atoms with Crippen LogP contribution >= 0.6 is 11.3 Å². The van der Waals surface area contributed by atoms with Gasteiger partial charge in [0.15, 0.2) is 0 Å². The summed E-state index contributed by atoms with van der Waals surface area (Å²) < 4.78 is 40.5. The number of rotatable bonds is 10. The molecule has 60 heavy (non-hydrogen) atoms. The molecule has 2 aliphatic carbocycles. The van der Waals surface area contributed by atoms with E-state index in [9.17, 15) is 22.8 Å². The van der Waals surface area contributed by atoms with Crippen LogP contribution in [0.2, 0.25) is 0 Å². The van der Waals surface area contributed by atoms with Crippen LogP contribution in [0.25, 0.3) is 21.6 Å². The number of thiazole rings is 1. The summed E-state index contributed by atoms with van der Waals surface area (Å²) in [6.07, 6.45) is 6.57. The van der Waals surface area contributed by atoms with E-state index in [0.717, 1.165) is 59.4 Å². The van der Waals surface area contributed by atoms with Gasteiger partial charge in [-0.1, -0.05) is 64.2 Å². The molecule has 4 aliphatic rings. The number of hydrogen-bond acceptors (Lipinski definition) is 11. The highest BCUT2D eigenvalue weighted by Crippen LogP contribution is 2.49. The molecule has 5 atom stereocenters. The highest BCUT2D eigenvalue weighted by Gasteiger charge is 2.63. The van der Waals surface area contributed by atoms with Crippen LogP contribution in [0.3, 0.4) is 0 Å². The average Bonchev–Trinajstić information content (AvgIpc) is 4.00. The number of aromatic nitrogens is 2. The summed E-state index contributed by atoms with van der Waals surface area (Å²) in [7, 11) is -2.33. The van der Waals surface area contributed by atoms with Crippen LogP contribution in [-0.4, -0.2) is 83.1 Å². The molecule has 4 heterocycles. The van der Waals surface area contributed by atoms with E-state index in [1.165, 1.54) is 11.3 Å². The second-order valence-electron chi connectivity index (χ2n) is 17.7. The number of ether oxygens (including phenoxy) is 2. The lowest BCUT2D eigenvalue weighted by Crippen LogP contribution is -2.58. The van der Waals surface area contributed by atoms with Gasteiger partial charge in [0.2, 0.25) is 21.8 Å². The second-order valence-corrected chi connectivity index (χ2v) is 20.7. The molecule has 4 aromatic rings. The monoisotopic (exact) mass is 856 g/mol. The third kappa shape index (κ3) is 8.31. The first-order valence-corrected chi connectivity index (χ1v) is 23.7. The maximum absolute atomic E-state index is 14.9. The quantitative estimate of drug-likeness (QED) is 0.148. The lowest BCUT2D eigenvalue weighted by atomic mass is 10.0. The fourth-order valence-electron chi connectivity index (χ4n) is 8.74. The summed E-state index contributed by atoms with van der Waals surface area (Å²) in [5.74, 6) is -0.193. The Labute approximate surface area is 356 Å². The van der Waals surface area contributed by atoms with E-state index in [1.54, 1.807) is 18.9 Å². The van der Waals surface area contributed by atoms with Gasteiger partial charge >= 0.3 is 0 Å². The average molecular weight is 857 g/mol. The van der Waals surface area contributed by atoms with Gasteiger partial charge in [-0.2, -0.15) is 0 Å². The molecule has 0 radical (unpaired) electrons. The van der Waals surface area contributed by atoms with Gasteiger partial charge in [0.05, 0.1) is 29.6 Å². The van der Waals surface area contributed by atoms with Crippen molar-refractivity contribution in [3.05, 3.63) is 65.2 Å². The minimum Gasteiger partial charge on any atom is -0.496 e. The Morgan fingerprint density at radius 2 is 1.73 bits per heavy atom. The molecule has 15 heteroatoms. The summed E-state index contributed by atoms with van der Waals surface area (Å²) in [6.45, 7) is 7.89. The highest BCUT2D eigenvalue weighted by atomic mass is 32.2. The topological polar surface area (TPSA) is 169 Å². The number of sulfonamides is 1. The predicted octanol–water partition coefficient (Wildman–Crippen LogP) is 7.25. The van der Waals surface area contributed by atoms with E-state index < -0.39 is 50.3 Å². The fraction of sp³-hybridized carbons (Fsp3) is 0.533. The van der Waals surface area contributed by atoms with Crippen molar-refractivity contribution >= 4 is 55.7 Å². The number of carbonyl (C=O) groups is 3. The molecule has 320 valence electrons. The summed E-state index contributed by atoms with van der Waals surface area (Å²) in [6, 6.07) is 13.6. The zero-order valence-electron chi connectivity index (χ0n) is 35.1. The Balaban J connectivity index is 1.14. The molecule has 0 spiro atoms. The number of aryl methyl sites for hydroxylation is 1. The van der Waals surface area contributed by atoms with Crippen LogP contribution in [0, 0.1) is 12.8 Å². The van der Waals surface area contributed by atoms with Gasteiger partial charge in [-0.05, 0) is 82.1 Å². The van der Waals surface area contributed by atoms with Gasteiger partial charge in [0.1, 0.15) is 45.9 Å². The first-order valence-electron chi connectivity index (χ1n) is 21.3. The molecular formula is C45H56N6O7S2. The number of pyridine rings is 1. The Bertz CT molecular complexity index is 2380. The van der Waals surface area contributed by atoms with Gasteiger partial charge in [-0.15, -0.1) is 11.3 Å². The molecule has 0 unspecified atom stereocenters. The van der Waals surface area contributed by atoms with Crippen molar-refractivity contribution in [1.29, 1.82) is 0 Å². The molecular weight excluding hydrogens is 801 g/mol. The van der Waals surface area contributed by atoms with Crippen LogP contribution in [-0.2, 0) is 24.4 Å². The SMILES string of the molecule is COc1ccc2c(O[C@@H]3C[C@H]4C(=O)N[C@]5(C(=O)NS(=O)(=O)C6(C)CC6)C[C@H]5CCCCCCC[C@H](Nc5ccccc5)C(=O)N4C3)cc(-c3nc(C(C)C)cs3)nc2c1C. The first-order chi connectivity index (χ1) is 28.7. The van der Waals surface area contributed by atoms with Gasteiger partial charge in [-0.3, -0.25) is 19.1 Å². The van der Waals surface area contributed by atoms with Crippen LogP contribution in [0.4, 0.5) is 5.69 Å². The van der Waals surface area contributed by atoms with E-state index in [1.807, 2.05) is 60.8 Å². The third-order valence-electron chi connectivity index (χ3n) is 13.0. The zero-order valence-corrected chi connectivity index (χ0v) is 36.7. The maximum atomic E-state index is 14.9. The zero-order chi connectivity index (χ0) is 42.4. The van der Waals surface area contributed by atoms with Gasteiger partial charge in [0, 0.05) is 34.5 Å². The molecule has 3 N–H and O–H groups in total. The van der Waals surface area contributed by atoms with Crippen LogP contribution in [0.5, 0.6) is 11.5 Å². The summed E-state index contributed by atoms with van der Waals surface area (Å²) in [5.41, 5.74) is 2.55. The third-order valence-corrected chi connectivity index (χ3v) is 16.0. The molecule has 8 rings (SSSR count). The van der Waals surface area contributed by atoms with Gasteiger partial charge < -0.3 is 25.0 Å². The van der Waals surface area contributed by atoms with Crippen LogP contribution in [0.1, 0.15) is 109 Å². The van der Waals surface area contributed by atoms with Crippen LogP contribution < -0.4 is 24.8 Å². The number of fused-ring (bicyclic) bond motifs is 3. The number of amides is 3. The van der Waals surface area contributed by atoms with Crippen LogP contribution in [0.15, 0.2) is 53.9 Å².